The number of hydrogen-bond donors (Lipinski definition) is 0. The molecule has 11 aromatic carbocycles. The quantitative estimate of drug-likeness (QED) is 0.148. The Morgan fingerprint density at radius 1 is 0.314 bits per heavy atom. The Kier molecular flexibility index (Phi) is 9.39. The minimum absolute atomic E-state index is 1.08. The van der Waals surface area contributed by atoms with Crippen molar-refractivity contribution in [2.45, 2.75) is 0 Å². The second-order valence-corrected chi connectivity index (χ2v) is 19.1. The van der Waals surface area contributed by atoms with Gasteiger partial charge in [0.05, 0.1) is 39.1 Å². The maximum absolute atomic E-state index is 2.50. The molecule has 3 heterocycles. The summed E-state index contributed by atoms with van der Waals surface area (Å²) in [4.78, 5) is 2.50. The molecule has 0 aliphatic heterocycles. The maximum Gasteiger partial charge on any atom is 0.0702 e. The molecule has 0 amide bonds. The molecule has 70 heavy (non-hydrogen) atoms. The van der Waals surface area contributed by atoms with E-state index in [4.69, 9.17) is 0 Å². The third-order valence-corrected chi connectivity index (χ3v) is 15.3. The van der Waals surface area contributed by atoms with Gasteiger partial charge < -0.3 is 14.0 Å². The summed E-state index contributed by atoms with van der Waals surface area (Å²) in [7, 11) is 0. The molecule has 0 unspecified atom stereocenters. The molecule has 0 atom stereocenters. The predicted octanol–water partition coefficient (Wildman–Crippen LogP) is 18.7. The molecular weight excluding hydrogens is 867 g/mol. The van der Waals surface area contributed by atoms with Gasteiger partial charge in [-0.1, -0.05) is 188 Å². The number of aromatic nitrogens is 2. The fourth-order valence-electron chi connectivity index (χ4n) is 11.0. The minimum Gasteiger partial charge on any atom is -0.309 e. The smallest absolute Gasteiger partial charge is 0.0702 e. The van der Waals surface area contributed by atoms with Crippen molar-refractivity contribution in [3.8, 4) is 44.8 Å². The van der Waals surface area contributed by atoms with Gasteiger partial charge in [-0.3, -0.25) is 0 Å². The van der Waals surface area contributed by atoms with E-state index in [2.05, 4.69) is 275 Å². The molecule has 0 spiro atoms. The van der Waals surface area contributed by atoms with E-state index in [1.165, 1.54) is 86.0 Å². The third-order valence-electron chi connectivity index (χ3n) is 14.1. The van der Waals surface area contributed by atoms with Gasteiger partial charge in [-0.05, 0) is 106 Å². The van der Waals surface area contributed by atoms with Crippen LogP contribution in [0.5, 0.6) is 0 Å². The topological polar surface area (TPSA) is 13.1 Å². The van der Waals surface area contributed by atoms with Gasteiger partial charge in [-0.15, -0.1) is 11.3 Å². The number of hydrogen-bond acceptors (Lipinski definition) is 2. The predicted molar refractivity (Wildman–Crippen MR) is 299 cm³/mol. The Hall–Kier alpha value is -8.96. The molecule has 0 bridgehead atoms. The van der Waals surface area contributed by atoms with Crippen LogP contribution in [0.25, 0.3) is 109 Å². The first-order valence-corrected chi connectivity index (χ1v) is 24.7. The van der Waals surface area contributed by atoms with Crippen LogP contribution in [-0.4, -0.2) is 9.13 Å². The fourth-order valence-corrected chi connectivity index (χ4v) is 12.2. The van der Waals surface area contributed by atoms with Gasteiger partial charge in [0.15, 0.2) is 0 Å². The van der Waals surface area contributed by atoms with Crippen LogP contribution in [-0.2, 0) is 0 Å². The van der Waals surface area contributed by atoms with Gasteiger partial charge >= 0.3 is 0 Å². The van der Waals surface area contributed by atoms with Gasteiger partial charge in [-0.25, -0.2) is 0 Å². The monoisotopic (exact) mass is 909 g/mol. The van der Waals surface area contributed by atoms with Crippen LogP contribution in [0.15, 0.2) is 261 Å². The Bertz CT molecular complexity index is 4180. The first-order valence-electron chi connectivity index (χ1n) is 23.9. The molecule has 0 aliphatic carbocycles. The van der Waals surface area contributed by atoms with E-state index in [9.17, 15) is 0 Å². The van der Waals surface area contributed by atoms with E-state index in [-0.39, 0.29) is 0 Å². The summed E-state index contributed by atoms with van der Waals surface area (Å²) < 4.78 is 7.38. The highest BCUT2D eigenvalue weighted by Gasteiger charge is 2.25. The molecular formula is C66H43N3S. The minimum atomic E-state index is 1.08. The van der Waals surface area contributed by atoms with E-state index >= 15 is 0 Å². The SMILES string of the molecule is c1ccc(-c2ccc(-c3ccc(N(c4ccc(-c5cccc(-n6c7ccccc7c7ccccc76)c5)cc4)c4ccccc4-n4c5ccccc5c5ccccc54)c4c3sc3ccccc34)cc2)cc1. The van der Waals surface area contributed by atoms with E-state index in [1.54, 1.807) is 0 Å². The van der Waals surface area contributed by atoms with Gasteiger partial charge in [0.1, 0.15) is 0 Å². The average molecular weight is 910 g/mol. The maximum atomic E-state index is 2.50. The summed E-state index contributed by atoms with van der Waals surface area (Å²) in [5, 5.41) is 7.48. The average Bonchev–Trinajstić information content (AvgIpc) is 4.10. The number of rotatable bonds is 8. The summed E-state index contributed by atoms with van der Waals surface area (Å²) >= 11 is 1.88. The number of benzene rings is 11. The highest BCUT2D eigenvalue weighted by atomic mass is 32.1. The Morgan fingerprint density at radius 3 is 1.46 bits per heavy atom. The number of thiophene rings is 1. The molecule has 14 rings (SSSR count). The van der Waals surface area contributed by atoms with Gasteiger partial charge in [-0.2, -0.15) is 0 Å². The van der Waals surface area contributed by atoms with Crippen molar-refractivity contribution in [3.63, 3.8) is 0 Å². The van der Waals surface area contributed by atoms with E-state index in [1.807, 2.05) is 11.3 Å². The lowest BCUT2D eigenvalue weighted by Crippen LogP contribution is -2.13. The van der Waals surface area contributed by atoms with Crippen LogP contribution in [0.2, 0.25) is 0 Å². The van der Waals surface area contributed by atoms with E-state index in [0.717, 1.165) is 39.6 Å². The van der Waals surface area contributed by atoms with Crippen molar-refractivity contribution in [3.05, 3.63) is 261 Å². The van der Waals surface area contributed by atoms with Crippen molar-refractivity contribution >= 4 is 92.2 Å². The number of anilines is 3. The summed E-state index contributed by atoms with van der Waals surface area (Å²) in [6.45, 7) is 0. The van der Waals surface area contributed by atoms with Gasteiger partial charge in [0, 0.05) is 53.1 Å². The molecule has 0 aliphatic rings. The fraction of sp³-hybridized carbons (Fsp3) is 0. The molecule has 14 aromatic rings. The summed E-state index contributed by atoms with van der Waals surface area (Å²) in [6.07, 6.45) is 0. The van der Waals surface area contributed by atoms with Crippen LogP contribution in [0.4, 0.5) is 17.1 Å². The lowest BCUT2D eigenvalue weighted by molar-refractivity contribution is 1.15. The normalized spacial score (nSPS) is 11.7. The molecule has 4 heteroatoms. The molecule has 0 fully saturated rings. The van der Waals surface area contributed by atoms with Gasteiger partial charge in [0.2, 0.25) is 0 Å². The lowest BCUT2D eigenvalue weighted by Gasteiger charge is -2.29. The van der Waals surface area contributed by atoms with Crippen molar-refractivity contribution in [2.75, 3.05) is 4.90 Å². The van der Waals surface area contributed by atoms with Crippen LogP contribution in [0.3, 0.4) is 0 Å². The standard InChI is InChI=1S/C66H43N3S/c1-2-17-44(18-3-1)45-33-35-47(36-34-45)51-41-42-63(65-56-25-8-15-32-64(56)70-66(51)65)67(61-30-13-14-31-62(61)69-59-28-11-6-23-54(59)55-24-7-12-29-60(55)69)49-39-37-46(38-40-49)48-19-16-20-50(43-48)68-57-26-9-4-21-52(57)53-22-5-10-27-58(53)68/h1-43H. The van der Waals surface area contributed by atoms with Crippen molar-refractivity contribution in [1.82, 2.24) is 9.13 Å². The van der Waals surface area contributed by atoms with E-state index in [0.29, 0.717) is 0 Å². The first kappa shape index (κ1) is 40.1. The molecule has 328 valence electrons. The molecule has 0 N–H and O–H groups in total. The molecule has 0 saturated carbocycles. The van der Waals surface area contributed by atoms with Crippen LogP contribution < -0.4 is 4.90 Å². The second-order valence-electron chi connectivity index (χ2n) is 18.0. The van der Waals surface area contributed by atoms with Crippen molar-refractivity contribution in [1.29, 1.82) is 0 Å². The lowest BCUT2D eigenvalue weighted by atomic mass is 9.97. The Balaban J connectivity index is 0.969. The van der Waals surface area contributed by atoms with Crippen LogP contribution in [0, 0.1) is 0 Å². The molecule has 3 aromatic heterocycles. The Labute approximate surface area is 409 Å². The number of para-hydroxylation sites is 6. The molecule has 0 saturated heterocycles. The van der Waals surface area contributed by atoms with Crippen molar-refractivity contribution in [2.24, 2.45) is 0 Å². The highest BCUT2D eigenvalue weighted by Crippen LogP contribution is 2.50. The third kappa shape index (κ3) is 6.42. The van der Waals surface area contributed by atoms with E-state index < -0.39 is 0 Å². The zero-order valence-electron chi connectivity index (χ0n) is 38.1. The zero-order valence-corrected chi connectivity index (χ0v) is 38.9. The summed E-state index contributed by atoms with van der Waals surface area (Å²) in [6, 6.07) is 95.4. The largest absolute Gasteiger partial charge is 0.309 e. The molecule has 3 nitrogen and oxygen atoms in total. The molecule has 0 radical (unpaired) electrons. The summed E-state index contributed by atoms with van der Waals surface area (Å²) in [5.74, 6) is 0. The summed E-state index contributed by atoms with van der Waals surface area (Å²) in [5.41, 5.74) is 17.5. The highest BCUT2D eigenvalue weighted by molar-refractivity contribution is 7.26. The number of nitrogens with zero attached hydrogens (tertiary/aromatic N) is 3. The van der Waals surface area contributed by atoms with Gasteiger partial charge in [0.25, 0.3) is 0 Å². The second kappa shape index (κ2) is 16.4. The van der Waals surface area contributed by atoms with Crippen LogP contribution in [0.1, 0.15) is 0 Å². The number of fused-ring (bicyclic) bond motifs is 9. The first-order chi connectivity index (χ1) is 34.7. The Morgan fingerprint density at radius 2 is 0.800 bits per heavy atom. The van der Waals surface area contributed by atoms with Crippen LogP contribution >= 0.6 is 11.3 Å². The zero-order chi connectivity index (χ0) is 46.1. The van der Waals surface area contributed by atoms with Crippen molar-refractivity contribution < 1.29 is 0 Å².